The Morgan fingerprint density at radius 2 is 1.60 bits per heavy atom. The Morgan fingerprint density at radius 1 is 0.907 bits per heavy atom. The zero-order valence-electron chi connectivity index (χ0n) is 24.4. The molecule has 2 amide bonds. The van der Waals surface area contributed by atoms with Gasteiger partial charge in [0.15, 0.2) is 0 Å². The highest BCUT2D eigenvalue weighted by molar-refractivity contribution is 9.10. The second-order valence-electron chi connectivity index (χ2n) is 11.0. The Kier molecular flexibility index (Phi) is 9.52. The summed E-state index contributed by atoms with van der Waals surface area (Å²) in [5, 5.41) is 4.67. The van der Waals surface area contributed by atoms with Gasteiger partial charge in [0, 0.05) is 41.8 Å². The van der Waals surface area contributed by atoms with E-state index in [1.54, 1.807) is 17.0 Å². The van der Waals surface area contributed by atoms with Gasteiger partial charge < -0.3 is 10.2 Å². The second kappa shape index (κ2) is 13.3. The van der Waals surface area contributed by atoms with Crippen LogP contribution in [0.4, 0.5) is 5.69 Å². The summed E-state index contributed by atoms with van der Waals surface area (Å²) in [6.45, 7) is 4.38. The van der Waals surface area contributed by atoms with Crippen molar-refractivity contribution in [3.8, 4) is 0 Å². The molecule has 0 saturated heterocycles. The number of nitrogens with one attached hydrogen (secondary N) is 1. The lowest BCUT2D eigenvalue weighted by atomic mass is 10.0. The molecule has 4 aromatic rings. The summed E-state index contributed by atoms with van der Waals surface area (Å²) in [5.41, 5.74) is 2.49. The number of carbonyl (C=O) groups excluding carboxylic acids is 2. The van der Waals surface area contributed by atoms with Crippen LogP contribution in [0.5, 0.6) is 0 Å². The Morgan fingerprint density at radius 3 is 2.30 bits per heavy atom. The largest absolute Gasteiger partial charge is 0.352 e. The van der Waals surface area contributed by atoms with Gasteiger partial charge in [-0.2, -0.15) is 0 Å². The molecule has 1 aliphatic rings. The van der Waals surface area contributed by atoms with E-state index in [0.717, 1.165) is 32.8 Å². The monoisotopic (exact) mass is 661 g/mol. The number of anilines is 1. The van der Waals surface area contributed by atoms with E-state index >= 15 is 0 Å². The number of benzene rings is 4. The zero-order valence-corrected chi connectivity index (χ0v) is 26.8. The maximum absolute atomic E-state index is 14.0. The van der Waals surface area contributed by atoms with Crippen LogP contribution in [0.1, 0.15) is 44.2 Å². The smallest absolute Gasteiger partial charge is 0.265 e. The number of rotatable bonds is 12. The van der Waals surface area contributed by atoms with Crippen molar-refractivity contribution in [2.75, 3.05) is 10.8 Å². The Labute approximate surface area is 262 Å². The molecule has 0 radical (unpaired) electrons. The molecule has 0 bridgehead atoms. The number of nitrogens with zero attached hydrogens (tertiary/aromatic N) is 2. The standard InChI is InChI=1S/C34H36BrN3O4S/c1-3-24(2)36-34(40)30(22-25-10-5-4-6-11-25)37(23-26-17-19-28(35)20-18-26)32(39)16-9-21-38-29-14-7-12-27-13-8-15-31(33(27)29)43(38,41)42/h4-8,10-15,17-20,24,30H,3,9,16,21-23H2,1-2H3,(H,36,40)/t24-,30-/m0/s1. The predicted molar refractivity (Wildman–Crippen MR) is 174 cm³/mol. The maximum Gasteiger partial charge on any atom is 0.265 e. The molecule has 1 N–H and O–H groups in total. The molecule has 0 unspecified atom stereocenters. The summed E-state index contributed by atoms with van der Waals surface area (Å²) in [6.07, 6.45) is 1.54. The van der Waals surface area contributed by atoms with Gasteiger partial charge in [-0.3, -0.25) is 13.9 Å². The number of hydrogen-bond donors (Lipinski definition) is 1. The minimum atomic E-state index is -3.72. The van der Waals surface area contributed by atoms with Crippen LogP contribution in [-0.4, -0.2) is 43.8 Å². The van der Waals surface area contributed by atoms with Crippen LogP contribution < -0.4 is 9.62 Å². The van der Waals surface area contributed by atoms with E-state index in [2.05, 4.69) is 21.2 Å². The fourth-order valence-corrected chi connectivity index (χ4v) is 7.51. The minimum Gasteiger partial charge on any atom is -0.352 e. The number of amides is 2. The summed E-state index contributed by atoms with van der Waals surface area (Å²) in [4.78, 5) is 29.7. The van der Waals surface area contributed by atoms with E-state index in [-0.39, 0.29) is 37.4 Å². The molecule has 224 valence electrons. The molecule has 0 aromatic heterocycles. The maximum atomic E-state index is 14.0. The third kappa shape index (κ3) is 6.78. The van der Waals surface area contributed by atoms with Crippen molar-refractivity contribution in [2.24, 2.45) is 0 Å². The topological polar surface area (TPSA) is 86.8 Å². The molecule has 7 nitrogen and oxygen atoms in total. The van der Waals surface area contributed by atoms with E-state index in [1.165, 1.54) is 4.31 Å². The molecule has 2 atom stereocenters. The van der Waals surface area contributed by atoms with Crippen molar-refractivity contribution < 1.29 is 18.0 Å². The van der Waals surface area contributed by atoms with E-state index in [0.29, 0.717) is 23.4 Å². The summed E-state index contributed by atoms with van der Waals surface area (Å²) >= 11 is 3.47. The molecule has 0 spiro atoms. The molecule has 0 fully saturated rings. The zero-order chi connectivity index (χ0) is 30.6. The predicted octanol–water partition coefficient (Wildman–Crippen LogP) is 6.45. The van der Waals surface area contributed by atoms with Crippen molar-refractivity contribution in [2.45, 2.75) is 63.1 Å². The molecule has 0 aliphatic carbocycles. The van der Waals surface area contributed by atoms with Crippen LogP contribution in [0.25, 0.3) is 10.8 Å². The Balaban J connectivity index is 1.40. The van der Waals surface area contributed by atoms with Crippen molar-refractivity contribution in [1.29, 1.82) is 0 Å². The highest BCUT2D eigenvalue weighted by Gasteiger charge is 2.36. The number of carbonyl (C=O) groups is 2. The summed E-state index contributed by atoms with van der Waals surface area (Å²) in [6, 6.07) is 27.5. The first-order valence-electron chi connectivity index (χ1n) is 14.6. The number of halogens is 1. The fourth-order valence-electron chi connectivity index (χ4n) is 5.50. The fraction of sp³-hybridized carbons (Fsp3) is 0.294. The third-order valence-electron chi connectivity index (χ3n) is 7.97. The molecular weight excluding hydrogens is 626 g/mol. The van der Waals surface area contributed by atoms with E-state index in [9.17, 15) is 18.0 Å². The SMILES string of the molecule is CC[C@H](C)NC(=O)[C@H](Cc1ccccc1)N(Cc1ccc(Br)cc1)C(=O)CCCN1c2cccc3cccc(c23)S1(=O)=O. The van der Waals surface area contributed by atoms with Crippen LogP contribution in [0.15, 0.2) is 100 Å². The van der Waals surface area contributed by atoms with E-state index in [4.69, 9.17) is 0 Å². The van der Waals surface area contributed by atoms with Gasteiger partial charge in [-0.1, -0.05) is 89.6 Å². The van der Waals surface area contributed by atoms with Gasteiger partial charge in [-0.25, -0.2) is 8.42 Å². The summed E-state index contributed by atoms with van der Waals surface area (Å²) < 4.78 is 29.2. The second-order valence-corrected chi connectivity index (χ2v) is 13.7. The van der Waals surface area contributed by atoms with Crippen molar-refractivity contribution in [1.82, 2.24) is 10.2 Å². The number of sulfonamides is 1. The minimum absolute atomic E-state index is 0.0416. The quantitative estimate of drug-likeness (QED) is 0.189. The van der Waals surface area contributed by atoms with Gasteiger partial charge in [0.1, 0.15) is 6.04 Å². The molecule has 1 heterocycles. The van der Waals surface area contributed by atoms with Crippen LogP contribution in [0.2, 0.25) is 0 Å². The van der Waals surface area contributed by atoms with Gasteiger partial charge in [-0.05, 0) is 60.5 Å². The molecule has 0 saturated carbocycles. The summed E-state index contributed by atoms with van der Waals surface area (Å²) in [7, 11) is -3.72. The highest BCUT2D eigenvalue weighted by Crippen LogP contribution is 2.42. The van der Waals surface area contributed by atoms with Crippen LogP contribution in [0, 0.1) is 0 Å². The molecule has 43 heavy (non-hydrogen) atoms. The normalized spacial score (nSPS) is 14.8. The summed E-state index contributed by atoms with van der Waals surface area (Å²) in [5.74, 6) is -0.400. The van der Waals surface area contributed by atoms with Gasteiger partial charge in [0.25, 0.3) is 10.0 Å². The van der Waals surface area contributed by atoms with Crippen LogP contribution in [-0.2, 0) is 32.6 Å². The molecule has 5 rings (SSSR count). The molecule has 9 heteroatoms. The lowest BCUT2D eigenvalue weighted by molar-refractivity contribution is -0.141. The van der Waals surface area contributed by atoms with Crippen LogP contribution in [0.3, 0.4) is 0 Å². The molecule has 1 aliphatic heterocycles. The third-order valence-corrected chi connectivity index (χ3v) is 10.4. The van der Waals surface area contributed by atoms with Gasteiger partial charge >= 0.3 is 0 Å². The average molecular weight is 663 g/mol. The molecular formula is C34H36BrN3O4S. The van der Waals surface area contributed by atoms with Crippen LogP contribution >= 0.6 is 15.9 Å². The van der Waals surface area contributed by atoms with Gasteiger partial charge in [0.05, 0.1) is 10.6 Å². The first-order valence-corrected chi connectivity index (χ1v) is 16.8. The molecule has 4 aromatic carbocycles. The van der Waals surface area contributed by atoms with Crippen molar-refractivity contribution in [3.63, 3.8) is 0 Å². The lowest BCUT2D eigenvalue weighted by Gasteiger charge is -2.32. The van der Waals surface area contributed by atoms with E-state index in [1.807, 2.05) is 92.7 Å². The highest BCUT2D eigenvalue weighted by atomic mass is 79.9. The Bertz CT molecular complexity index is 1710. The van der Waals surface area contributed by atoms with Crippen molar-refractivity contribution in [3.05, 3.63) is 107 Å². The average Bonchev–Trinajstić information content (AvgIpc) is 3.23. The lowest BCUT2D eigenvalue weighted by Crippen LogP contribution is -2.52. The number of hydrogen-bond acceptors (Lipinski definition) is 4. The van der Waals surface area contributed by atoms with Gasteiger partial charge in [-0.15, -0.1) is 0 Å². The van der Waals surface area contributed by atoms with E-state index < -0.39 is 16.1 Å². The first kappa shape index (κ1) is 30.8. The first-order chi connectivity index (χ1) is 20.7. The Hall–Kier alpha value is -3.69. The van der Waals surface area contributed by atoms with Gasteiger partial charge in [0.2, 0.25) is 11.8 Å². The van der Waals surface area contributed by atoms with Crippen molar-refractivity contribution >= 4 is 54.2 Å².